The lowest BCUT2D eigenvalue weighted by Gasteiger charge is -2.20. The average molecular weight is 326 g/mol. The van der Waals surface area contributed by atoms with Gasteiger partial charge >= 0.3 is 0 Å². The molecule has 0 amide bonds. The van der Waals surface area contributed by atoms with E-state index in [2.05, 4.69) is 10.1 Å². The second-order valence-electron chi connectivity index (χ2n) is 4.98. The summed E-state index contributed by atoms with van der Waals surface area (Å²) in [7, 11) is 1.95. The van der Waals surface area contributed by atoms with E-state index >= 15 is 0 Å². The number of imidazole rings is 1. The molecule has 8 heteroatoms. The normalized spacial score (nSPS) is 13.3. The van der Waals surface area contributed by atoms with Gasteiger partial charge in [0.15, 0.2) is 10.1 Å². The Morgan fingerprint density at radius 2 is 2.33 bits per heavy atom. The van der Waals surface area contributed by atoms with Crippen LogP contribution in [0.5, 0.6) is 0 Å². The van der Waals surface area contributed by atoms with Crippen LogP contribution in [0, 0.1) is 0 Å². The number of rotatable bonds is 6. The summed E-state index contributed by atoms with van der Waals surface area (Å²) in [5.74, 6) is 0. The van der Waals surface area contributed by atoms with Crippen LogP contribution >= 0.6 is 22.9 Å². The zero-order chi connectivity index (χ0) is 14.8. The molecule has 21 heavy (non-hydrogen) atoms. The highest BCUT2D eigenvalue weighted by molar-refractivity contribution is 7.15. The summed E-state index contributed by atoms with van der Waals surface area (Å²) in [6.07, 6.45) is 5.02. The molecule has 1 N–H and O–H groups in total. The topological polar surface area (TPSA) is 58.6 Å². The van der Waals surface area contributed by atoms with Gasteiger partial charge in [-0.25, -0.2) is 4.98 Å². The van der Waals surface area contributed by atoms with Crippen molar-refractivity contribution in [3.05, 3.63) is 40.9 Å². The summed E-state index contributed by atoms with van der Waals surface area (Å²) < 4.78 is 3.71. The fourth-order valence-corrected chi connectivity index (χ4v) is 3.32. The molecule has 0 aliphatic rings. The Balaban J connectivity index is 1.62. The van der Waals surface area contributed by atoms with Crippen LogP contribution < -0.4 is 0 Å². The fraction of sp³-hybridized carbons (Fsp3) is 0.385. The lowest BCUT2D eigenvalue weighted by molar-refractivity contribution is 0.103. The summed E-state index contributed by atoms with van der Waals surface area (Å²) in [6.45, 7) is 1.64. The van der Waals surface area contributed by atoms with Crippen LogP contribution in [0.15, 0.2) is 30.0 Å². The van der Waals surface area contributed by atoms with E-state index in [1.165, 1.54) is 0 Å². The van der Waals surface area contributed by atoms with Crippen molar-refractivity contribution < 1.29 is 5.11 Å². The maximum Gasteiger partial charge on any atom is 0.195 e. The van der Waals surface area contributed by atoms with Crippen LogP contribution in [-0.4, -0.2) is 48.9 Å². The van der Waals surface area contributed by atoms with Crippen molar-refractivity contribution in [1.29, 1.82) is 0 Å². The first kappa shape index (κ1) is 14.5. The van der Waals surface area contributed by atoms with Crippen LogP contribution in [0.25, 0.3) is 4.96 Å². The van der Waals surface area contributed by atoms with E-state index in [9.17, 15) is 5.11 Å². The maximum atomic E-state index is 10.1. The van der Waals surface area contributed by atoms with Gasteiger partial charge in [0.2, 0.25) is 0 Å². The molecule has 0 spiro atoms. The van der Waals surface area contributed by atoms with E-state index in [4.69, 9.17) is 11.6 Å². The third-order valence-corrected chi connectivity index (χ3v) is 4.27. The number of likely N-dealkylation sites (N-methyl/N-ethyl adjacent to an activating group) is 1. The molecule has 0 aliphatic carbocycles. The molecule has 3 rings (SSSR count). The van der Waals surface area contributed by atoms with Crippen molar-refractivity contribution in [2.24, 2.45) is 0 Å². The predicted molar refractivity (Wildman–Crippen MR) is 82.6 cm³/mol. The van der Waals surface area contributed by atoms with Gasteiger partial charge in [-0.1, -0.05) is 11.6 Å². The second-order valence-corrected chi connectivity index (χ2v) is 6.21. The molecular weight excluding hydrogens is 310 g/mol. The molecule has 0 saturated carbocycles. The minimum Gasteiger partial charge on any atom is -0.390 e. The molecule has 1 atom stereocenters. The Morgan fingerprint density at radius 3 is 3.10 bits per heavy atom. The van der Waals surface area contributed by atoms with Gasteiger partial charge in [-0.05, 0) is 13.1 Å². The number of thiazole rings is 1. The van der Waals surface area contributed by atoms with Crippen molar-refractivity contribution >= 4 is 27.9 Å². The van der Waals surface area contributed by atoms with Gasteiger partial charge in [-0.2, -0.15) is 5.10 Å². The van der Waals surface area contributed by atoms with Crippen LogP contribution in [0.4, 0.5) is 0 Å². The predicted octanol–water partition coefficient (Wildman–Crippen LogP) is 1.74. The quantitative estimate of drug-likeness (QED) is 0.750. The molecule has 0 saturated heterocycles. The third-order valence-electron chi connectivity index (χ3n) is 3.21. The summed E-state index contributed by atoms with van der Waals surface area (Å²) in [4.78, 5) is 7.23. The van der Waals surface area contributed by atoms with E-state index in [1.807, 2.05) is 40.2 Å². The molecule has 3 heterocycles. The van der Waals surface area contributed by atoms with Crippen molar-refractivity contribution in [2.75, 3.05) is 13.6 Å². The lowest BCUT2D eigenvalue weighted by atomic mass is 10.3. The zero-order valence-electron chi connectivity index (χ0n) is 11.6. The molecule has 0 bridgehead atoms. The monoisotopic (exact) mass is 325 g/mol. The largest absolute Gasteiger partial charge is 0.390 e. The smallest absolute Gasteiger partial charge is 0.195 e. The minimum atomic E-state index is -0.487. The molecule has 6 nitrogen and oxygen atoms in total. The zero-order valence-corrected chi connectivity index (χ0v) is 13.1. The molecular formula is C13H16ClN5OS. The Kier molecular flexibility index (Phi) is 4.25. The van der Waals surface area contributed by atoms with Gasteiger partial charge < -0.3 is 5.11 Å². The molecule has 0 radical (unpaired) electrons. The minimum absolute atomic E-state index is 0.478. The summed E-state index contributed by atoms with van der Waals surface area (Å²) in [6, 6.07) is 1.84. The van der Waals surface area contributed by atoms with Crippen molar-refractivity contribution in [3.8, 4) is 0 Å². The van der Waals surface area contributed by atoms with Gasteiger partial charge in [-0.15, -0.1) is 11.3 Å². The van der Waals surface area contributed by atoms with Crippen LogP contribution in [-0.2, 0) is 13.1 Å². The second kappa shape index (κ2) is 6.15. The number of aromatic nitrogens is 4. The Morgan fingerprint density at radius 1 is 1.48 bits per heavy atom. The molecule has 3 aromatic rings. The number of halogens is 1. The van der Waals surface area contributed by atoms with Crippen molar-refractivity contribution in [3.63, 3.8) is 0 Å². The summed E-state index contributed by atoms with van der Waals surface area (Å²) >= 11 is 7.73. The standard InChI is InChI=1S/C13H16ClN5OS/c1-17(7-10(20)8-18-4-2-3-15-18)9-11-12(14)16-13-19(11)5-6-21-13/h2-6,10,20H,7-9H2,1H3/t10-/m0/s1. The number of fused-ring (bicyclic) bond motifs is 1. The first-order valence-electron chi connectivity index (χ1n) is 6.57. The van der Waals surface area contributed by atoms with Crippen molar-refractivity contribution in [1.82, 2.24) is 24.1 Å². The summed E-state index contributed by atoms with van der Waals surface area (Å²) in [5, 5.41) is 16.7. The first-order valence-corrected chi connectivity index (χ1v) is 7.83. The van der Waals surface area contributed by atoms with E-state index in [0.29, 0.717) is 24.8 Å². The van der Waals surface area contributed by atoms with Gasteiger partial charge in [-0.3, -0.25) is 14.0 Å². The van der Waals surface area contributed by atoms with E-state index in [1.54, 1.807) is 22.2 Å². The third kappa shape index (κ3) is 3.26. The average Bonchev–Trinajstić information content (AvgIpc) is 3.11. The Hall–Kier alpha value is -1.41. The van der Waals surface area contributed by atoms with Crippen molar-refractivity contribution in [2.45, 2.75) is 19.2 Å². The van der Waals surface area contributed by atoms with Gasteiger partial charge in [0.05, 0.1) is 18.3 Å². The highest BCUT2D eigenvalue weighted by Crippen LogP contribution is 2.22. The highest BCUT2D eigenvalue weighted by atomic mass is 35.5. The highest BCUT2D eigenvalue weighted by Gasteiger charge is 2.15. The fourth-order valence-electron chi connectivity index (χ4n) is 2.31. The van der Waals surface area contributed by atoms with Crippen LogP contribution in [0.2, 0.25) is 5.15 Å². The molecule has 0 unspecified atom stereocenters. The molecule has 0 fully saturated rings. The van der Waals surface area contributed by atoms with E-state index < -0.39 is 6.10 Å². The number of hydrogen-bond acceptors (Lipinski definition) is 5. The van der Waals surface area contributed by atoms with E-state index in [0.717, 1.165) is 10.7 Å². The van der Waals surface area contributed by atoms with Crippen LogP contribution in [0.3, 0.4) is 0 Å². The molecule has 0 aromatic carbocycles. The number of hydrogen-bond donors (Lipinski definition) is 1. The first-order chi connectivity index (χ1) is 10.1. The van der Waals surface area contributed by atoms with Gasteiger partial charge in [0.25, 0.3) is 0 Å². The van der Waals surface area contributed by atoms with Crippen LogP contribution in [0.1, 0.15) is 5.69 Å². The number of aliphatic hydroxyl groups is 1. The van der Waals surface area contributed by atoms with Gasteiger partial charge in [0.1, 0.15) is 0 Å². The Bertz CT molecular complexity index is 707. The van der Waals surface area contributed by atoms with Gasteiger partial charge in [0, 0.05) is 37.1 Å². The molecule has 112 valence electrons. The number of nitrogens with zero attached hydrogens (tertiary/aromatic N) is 5. The molecule has 0 aliphatic heterocycles. The summed E-state index contributed by atoms with van der Waals surface area (Å²) in [5.41, 5.74) is 0.946. The lowest BCUT2D eigenvalue weighted by Crippen LogP contribution is -2.32. The number of aliphatic hydroxyl groups excluding tert-OH is 1. The molecule has 3 aromatic heterocycles. The maximum absolute atomic E-state index is 10.1. The SMILES string of the molecule is CN(Cc1c(Cl)nc2sccn12)C[C@H](O)Cn1cccn1. The Labute approximate surface area is 131 Å². The van der Waals surface area contributed by atoms with E-state index in [-0.39, 0.29) is 0 Å².